The topological polar surface area (TPSA) is 55.1 Å². The monoisotopic (exact) mass is 248 g/mol. The summed E-state index contributed by atoms with van der Waals surface area (Å²) in [5.74, 6) is 0.508. The maximum Gasteiger partial charge on any atom is 0.220 e. The van der Waals surface area contributed by atoms with Crippen molar-refractivity contribution in [2.45, 2.75) is 39.7 Å². The zero-order valence-corrected chi connectivity index (χ0v) is 11.6. The van der Waals surface area contributed by atoms with Gasteiger partial charge in [-0.3, -0.25) is 4.79 Å². The van der Waals surface area contributed by atoms with Gasteiger partial charge in [0.05, 0.1) is 6.04 Å². The zero-order valence-electron chi connectivity index (χ0n) is 11.6. The Labute approximate surface area is 110 Å². The van der Waals surface area contributed by atoms with Crippen LogP contribution in [0.1, 0.15) is 43.9 Å². The average molecular weight is 248 g/mol. The number of aryl methyl sites for hydroxylation is 1. The maximum atomic E-state index is 11.8. The lowest BCUT2D eigenvalue weighted by molar-refractivity contribution is -0.122. The molecule has 18 heavy (non-hydrogen) atoms. The number of nitrogens with one attached hydrogen (secondary N) is 1. The van der Waals surface area contributed by atoms with Crippen LogP contribution in [0.5, 0.6) is 0 Å². The number of carbonyl (C=O) groups excluding carboxylic acids is 1. The molecule has 1 aromatic carbocycles. The SMILES string of the molecule is Cc1ccc([C@@H](C)NC(=O)CCC(C)CN)cc1. The van der Waals surface area contributed by atoms with Crippen molar-refractivity contribution in [2.24, 2.45) is 11.7 Å². The molecule has 3 N–H and O–H groups in total. The highest BCUT2D eigenvalue weighted by Crippen LogP contribution is 2.13. The van der Waals surface area contributed by atoms with Crippen LogP contribution in [0.15, 0.2) is 24.3 Å². The third-order valence-electron chi connectivity index (χ3n) is 3.22. The predicted octanol–water partition coefficient (Wildman–Crippen LogP) is 2.55. The molecule has 0 saturated carbocycles. The van der Waals surface area contributed by atoms with Crippen molar-refractivity contribution >= 4 is 5.91 Å². The van der Waals surface area contributed by atoms with Gasteiger partial charge in [-0.25, -0.2) is 0 Å². The fourth-order valence-electron chi connectivity index (χ4n) is 1.75. The Hall–Kier alpha value is -1.35. The van der Waals surface area contributed by atoms with E-state index in [2.05, 4.69) is 43.4 Å². The van der Waals surface area contributed by atoms with Crippen molar-refractivity contribution in [1.29, 1.82) is 0 Å². The fourth-order valence-corrected chi connectivity index (χ4v) is 1.75. The first kappa shape index (κ1) is 14.7. The van der Waals surface area contributed by atoms with Gasteiger partial charge in [0, 0.05) is 6.42 Å². The van der Waals surface area contributed by atoms with Gasteiger partial charge in [-0.15, -0.1) is 0 Å². The van der Waals surface area contributed by atoms with Crippen LogP contribution in [0.2, 0.25) is 0 Å². The van der Waals surface area contributed by atoms with E-state index in [0.29, 0.717) is 18.9 Å². The van der Waals surface area contributed by atoms with Crippen LogP contribution in [0.25, 0.3) is 0 Å². The maximum absolute atomic E-state index is 11.8. The summed E-state index contributed by atoms with van der Waals surface area (Å²) in [6.07, 6.45) is 1.40. The van der Waals surface area contributed by atoms with E-state index in [4.69, 9.17) is 5.73 Å². The Morgan fingerprint density at radius 2 is 1.89 bits per heavy atom. The zero-order chi connectivity index (χ0) is 13.5. The molecule has 3 nitrogen and oxygen atoms in total. The molecule has 1 amide bonds. The molecule has 1 aromatic rings. The predicted molar refractivity (Wildman–Crippen MR) is 75.2 cm³/mol. The number of hydrogen-bond donors (Lipinski definition) is 2. The van der Waals surface area contributed by atoms with Crippen LogP contribution >= 0.6 is 0 Å². The van der Waals surface area contributed by atoms with E-state index in [9.17, 15) is 4.79 Å². The van der Waals surface area contributed by atoms with Crippen molar-refractivity contribution in [3.05, 3.63) is 35.4 Å². The highest BCUT2D eigenvalue weighted by Gasteiger charge is 2.10. The molecule has 0 saturated heterocycles. The van der Waals surface area contributed by atoms with E-state index in [0.717, 1.165) is 12.0 Å². The minimum Gasteiger partial charge on any atom is -0.350 e. The first-order valence-corrected chi connectivity index (χ1v) is 6.59. The first-order valence-electron chi connectivity index (χ1n) is 6.59. The molecule has 100 valence electrons. The molecular formula is C15H24N2O. The van der Waals surface area contributed by atoms with Gasteiger partial charge in [0.1, 0.15) is 0 Å². The Kier molecular flexibility index (Phi) is 5.86. The number of hydrogen-bond acceptors (Lipinski definition) is 2. The van der Waals surface area contributed by atoms with Crippen molar-refractivity contribution < 1.29 is 4.79 Å². The summed E-state index contributed by atoms with van der Waals surface area (Å²) in [5.41, 5.74) is 7.90. The first-order chi connectivity index (χ1) is 8.52. The number of amides is 1. The van der Waals surface area contributed by atoms with E-state index < -0.39 is 0 Å². The van der Waals surface area contributed by atoms with Crippen LogP contribution in [0.3, 0.4) is 0 Å². The summed E-state index contributed by atoms with van der Waals surface area (Å²) < 4.78 is 0. The summed E-state index contributed by atoms with van der Waals surface area (Å²) in [6, 6.07) is 8.31. The van der Waals surface area contributed by atoms with Gasteiger partial charge in [-0.1, -0.05) is 36.8 Å². The molecular weight excluding hydrogens is 224 g/mol. The normalized spacial score (nSPS) is 14.0. The van der Waals surface area contributed by atoms with E-state index in [1.165, 1.54) is 5.56 Å². The number of nitrogens with two attached hydrogens (primary N) is 1. The molecule has 0 radical (unpaired) electrons. The molecule has 1 rings (SSSR count). The van der Waals surface area contributed by atoms with Crippen LogP contribution in [0.4, 0.5) is 0 Å². The molecule has 0 spiro atoms. The molecule has 0 fully saturated rings. The lowest BCUT2D eigenvalue weighted by Crippen LogP contribution is -2.27. The molecule has 2 atom stereocenters. The van der Waals surface area contributed by atoms with Gasteiger partial charge in [-0.05, 0) is 38.3 Å². The fraction of sp³-hybridized carbons (Fsp3) is 0.533. The third-order valence-corrected chi connectivity index (χ3v) is 3.22. The lowest BCUT2D eigenvalue weighted by Gasteiger charge is -2.15. The quantitative estimate of drug-likeness (QED) is 0.813. The summed E-state index contributed by atoms with van der Waals surface area (Å²) in [5, 5.41) is 3.02. The molecule has 0 bridgehead atoms. The Morgan fingerprint density at radius 3 is 2.44 bits per heavy atom. The van der Waals surface area contributed by atoms with Gasteiger partial charge >= 0.3 is 0 Å². The van der Waals surface area contributed by atoms with E-state index in [1.807, 2.05) is 6.92 Å². The van der Waals surface area contributed by atoms with E-state index >= 15 is 0 Å². The third kappa shape index (κ3) is 4.88. The van der Waals surface area contributed by atoms with Crippen LogP contribution in [0, 0.1) is 12.8 Å². The minimum absolute atomic E-state index is 0.0614. The van der Waals surface area contributed by atoms with E-state index in [-0.39, 0.29) is 11.9 Å². The standard InChI is InChI=1S/C15H24N2O/c1-11-4-7-14(8-5-11)13(3)17-15(18)9-6-12(2)10-16/h4-5,7-8,12-13H,6,9-10,16H2,1-3H3,(H,17,18)/t12?,13-/m1/s1. The minimum atomic E-state index is 0.0614. The second kappa shape index (κ2) is 7.17. The highest BCUT2D eigenvalue weighted by atomic mass is 16.1. The second-order valence-electron chi connectivity index (χ2n) is 5.08. The van der Waals surface area contributed by atoms with Crippen molar-refractivity contribution in [3.63, 3.8) is 0 Å². The molecule has 3 heteroatoms. The Bertz CT molecular complexity index is 373. The Balaban J connectivity index is 2.42. The van der Waals surface area contributed by atoms with Gasteiger partial charge < -0.3 is 11.1 Å². The highest BCUT2D eigenvalue weighted by molar-refractivity contribution is 5.76. The summed E-state index contributed by atoms with van der Waals surface area (Å²) >= 11 is 0. The summed E-state index contributed by atoms with van der Waals surface area (Å²) in [6.45, 7) is 6.77. The van der Waals surface area contributed by atoms with Crippen molar-refractivity contribution in [2.75, 3.05) is 6.54 Å². The van der Waals surface area contributed by atoms with Gasteiger partial charge in [0.2, 0.25) is 5.91 Å². The molecule has 1 unspecified atom stereocenters. The van der Waals surface area contributed by atoms with Gasteiger partial charge in [0.25, 0.3) is 0 Å². The summed E-state index contributed by atoms with van der Waals surface area (Å²) in [4.78, 5) is 11.8. The number of benzene rings is 1. The number of rotatable bonds is 6. The molecule has 0 aliphatic heterocycles. The average Bonchev–Trinajstić information content (AvgIpc) is 2.36. The van der Waals surface area contributed by atoms with Gasteiger partial charge in [0.15, 0.2) is 0 Å². The second-order valence-corrected chi connectivity index (χ2v) is 5.08. The molecule has 0 aliphatic carbocycles. The Morgan fingerprint density at radius 1 is 1.28 bits per heavy atom. The largest absolute Gasteiger partial charge is 0.350 e. The number of carbonyl (C=O) groups is 1. The van der Waals surface area contributed by atoms with Crippen LogP contribution in [-0.4, -0.2) is 12.5 Å². The summed E-state index contributed by atoms with van der Waals surface area (Å²) in [7, 11) is 0. The van der Waals surface area contributed by atoms with Crippen molar-refractivity contribution in [3.8, 4) is 0 Å². The molecule has 0 heterocycles. The van der Waals surface area contributed by atoms with Crippen molar-refractivity contribution in [1.82, 2.24) is 5.32 Å². The molecule has 0 aliphatic rings. The molecule has 0 aromatic heterocycles. The smallest absolute Gasteiger partial charge is 0.220 e. The van der Waals surface area contributed by atoms with Gasteiger partial charge in [-0.2, -0.15) is 0 Å². The van der Waals surface area contributed by atoms with E-state index in [1.54, 1.807) is 0 Å². The lowest BCUT2D eigenvalue weighted by atomic mass is 10.0. The van der Waals surface area contributed by atoms with Crippen LogP contribution < -0.4 is 11.1 Å². The van der Waals surface area contributed by atoms with Crippen LogP contribution in [-0.2, 0) is 4.79 Å².